The molecule has 0 atom stereocenters. The molecule has 0 saturated heterocycles. The van der Waals surface area contributed by atoms with Gasteiger partial charge in [-0.05, 0) is 47.4 Å². The average Bonchev–Trinajstić information content (AvgIpc) is 2.14. The summed E-state index contributed by atoms with van der Waals surface area (Å²) < 4.78 is 29.6. The summed E-state index contributed by atoms with van der Waals surface area (Å²) in [6, 6.07) is -2.70. The van der Waals surface area contributed by atoms with Crippen LogP contribution in [0.25, 0.3) is 0 Å². The van der Waals surface area contributed by atoms with Crippen molar-refractivity contribution in [1.29, 1.82) is 0 Å². The van der Waals surface area contributed by atoms with Gasteiger partial charge in [0.25, 0.3) is 10.5 Å². The first-order valence-electron chi connectivity index (χ1n) is 4.79. The van der Waals surface area contributed by atoms with Crippen molar-refractivity contribution in [3.63, 3.8) is 0 Å². The van der Waals surface area contributed by atoms with E-state index in [1.165, 1.54) is 0 Å². The maximum Gasteiger partial charge on any atom is 0.252 e. The Kier molecular flexibility index (Phi) is 1.54. The topological polar surface area (TPSA) is 34.1 Å². The Bertz CT molecular complexity index is 427. The monoisotopic (exact) mass is 206 g/mol. The predicted molar refractivity (Wildman–Crippen MR) is 46.8 cm³/mol. The summed E-state index contributed by atoms with van der Waals surface area (Å²) in [5, 5.41) is -2.24. The largest absolute Gasteiger partial charge is 0.276 e. The molecule has 0 aromatic heterocycles. The van der Waals surface area contributed by atoms with Gasteiger partial charge in [0.05, 0.1) is 5.48 Å². The summed E-state index contributed by atoms with van der Waals surface area (Å²) in [5.74, 6) is 0. The third-order valence-corrected chi connectivity index (χ3v) is 1.40. The van der Waals surface area contributed by atoms with Crippen LogP contribution in [0.3, 0.4) is 0 Å². The van der Waals surface area contributed by atoms with Crippen LogP contribution in [-0.4, -0.2) is 10.5 Å². The molecule has 0 aliphatic heterocycles. The van der Waals surface area contributed by atoms with E-state index in [1.54, 1.807) is 0 Å². The molecular weight excluding hydrogens is 199 g/mol. The van der Waals surface area contributed by atoms with Crippen molar-refractivity contribution in [1.82, 2.24) is 0 Å². The van der Waals surface area contributed by atoms with Crippen LogP contribution in [0.4, 0.5) is 0 Å². The number of benzene rings is 1. The maximum absolute atomic E-state index is 10.9. The van der Waals surface area contributed by atoms with E-state index in [9.17, 15) is 9.59 Å². The number of hydrogen-bond donors (Lipinski definition) is 0. The highest BCUT2D eigenvalue weighted by Gasteiger charge is 2.03. The van der Waals surface area contributed by atoms with E-state index in [-0.39, 0.29) is 0 Å². The molecule has 0 bridgehead atoms. The van der Waals surface area contributed by atoms with Crippen LogP contribution in [0, 0.1) is 0 Å². The van der Waals surface area contributed by atoms with Crippen LogP contribution >= 0.6 is 23.2 Å². The van der Waals surface area contributed by atoms with Gasteiger partial charge in [-0.15, -0.1) is 0 Å². The van der Waals surface area contributed by atoms with Gasteiger partial charge in [-0.2, -0.15) is 0 Å². The van der Waals surface area contributed by atoms with Gasteiger partial charge in [0.2, 0.25) is 0 Å². The van der Waals surface area contributed by atoms with Crippen molar-refractivity contribution in [2.24, 2.45) is 0 Å². The third-order valence-electron chi connectivity index (χ3n) is 1.02. The fraction of sp³-hybridized carbons (Fsp3) is 0. The molecule has 0 heterocycles. The van der Waals surface area contributed by atoms with Crippen LogP contribution in [0.15, 0.2) is 24.2 Å². The highest BCUT2D eigenvalue weighted by molar-refractivity contribution is 6.68. The molecular formula is C8H4Cl2O2. The molecule has 0 N–H and O–H groups in total. The number of rotatable bonds is 2. The molecule has 1 rings (SSSR count). The normalized spacial score (nSPS) is 14.2. The third kappa shape index (κ3) is 2.06. The fourth-order valence-electron chi connectivity index (χ4n) is 0.509. The van der Waals surface area contributed by atoms with Crippen molar-refractivity contribution in [2.45, 2.75) is 0 Å². The molecule has 0 fully saturated rings. The minimum atomic E-state index is -1.12. The predicted octanol–water partition coefficient (Wildman–Crippen LogP) is 2.44. The van der Waals surface area contributed by atoms with Crippen molar-refractivity contribution >= 4 is 33.7 Å². The Morgan fingerprint density at radius 3 is 1.42 bits per heavy atom. The second-order valence-corrected chi connectivity index (χ2v) is 2.48. The van der Waals surface area contributed by atoms with E-state index in [2.05, 4.69) is 0 Å². The number of halogens is 2. The smallest absolute Gasteiger partial charge is 0.252 e. The lowest BCUT2D eigenvalue weighted by atomic mass is 10.2. The molecule has 0 saturated carbocycles. The summed E-state index contributed by atoms with van der Waals surface area (Å²) in [7, 11) is 0. The van der Waals surface area contributed by atoms with E-state index in [1.807, 2.05) is 0 Å². The van der Waals surface area contributed by atoms with Crippen molar-refractivity contribution < 1.29 is 15.1 Å². The van der Waals surface area contributed by atoms with E-state index in [0.717, 1.165) is 0 Å². The zero-order chi connectivity index (χ0) is 12.6. The Balaban J connectivity index is 3.77. The number of carbonyl (C=O) groups is 2. The first-order chi connectivity index (χ1) is 7.29. The highest BCUT2D eigenvalue weighted by atomic mass is 35.5. The van der Waals surface area contributed by atoms with Gasteiger partial charge in [-0.1, -0.05) is 0 Å². The standard InChI is InChI=1S/C8H4Cl2O2/c9-7(11)5-1-2-6(4-3-5)8(10)12/h1-4H/i1D,2D,3D,4D. The Hall–Kier alpha value is -0.860. The summed E-state index contributed by atoms with van der Waals surface area (Å²) >= 11 is 10.3. The van der Waals surface area contributed by atoms with Crippen LogP contribution in [0.2, 0.25) is 0 Å². The molecule has 1 aromatic rings. The van der Waals surface area contributed by atoms with Gasteiger partial charge in [0, 0.05) is 11.1 Å². The maximum atomic E-state index is 10.9. The van der Waals surface area contributed by atoms with Crippen molar-refractivity contribution in [3.05, 3.63) is 35.3 Å². The second kappa shape index (κ2) is 3.70. The van der Waals surface area contributed by atoms with Gasteiger partial charge in [-0.3, -0.25) is 9.59 Å². The van der Waals surface area contributed by atoms with Crippen LogP contribution < -0.4 is 0 Å². The summed E-state index contributed by atoms with van der Waals surface area (Å²) in [6.07, 6.45) is 0. The quantitative estimate of drug-likeness (QED) is 0.698. The summed E-state index contributed by atoms with van der Waals surface area (Å²) in [4.78, 5) is 21.8. The molecule has 0 aliphatic rings. The van der Waals surface area contributed by atoms with Crippen molar-refractivity contribution in [2.75, 3.05) is 0 Å². The molecule has 0 radical (unpaired) electrons. The molecule has 62 valence electrons. The zero-order valence-corrected chi connectivity index (χ0v) is 7.08. The van der Waals surface area contributed by atoms with Gasteiger partial charge in [-0.25, -0.2) is 0 Å². The minimum Gasteiger partial charge on any atom is -0.276 e. The molecule has 12 heavy (non-hydrogen) atoms. The van der Waals surface area contributed by atoms with Gasteiger partial charge in [0.1, 0.15) is 0 Å². The van der Waals surface area contributed by atoms with Crippen LogP contribution in [-0.2, 0) is 0 Å². The molecule has 0 aliphatic carbocycles. The van der Waals surface area contributed by atoms with Crippen LogP contribution in [0.5, 0.6) is 0 Å². The van der Waals surface area contributed by atoms with E-state index < -0.39 is 45.8 Å². The average molecular weight is 207 g/mol. The van der Waals surface area contributed by atoms with E-state index >= 15 is 0 Å². The Morgan fingerprint density at radius 1 is 1.00 bits per heavy atom. The van der Waals surface area contributed by atoms with E-state index in [4.69, 9.17) is 28.7 Å². The zero-order valence-electron chi connectivity index (χ0n) is 9.57. The first kappa shape index (κ1) is 5.00. The molecule has 0 spiro atoms. The fourth-order valence-corrected chi connectivity index (χ4v) is 0.698. The Morgan fingerprint density at radius 2 is 1.25 bits per heavy atom. The second-order valence-electron chi connectivity index (χ2n) is 1.80. The lowest BCUT2D eigenvalue weighted by molar-refractivity contribution is 0.107. The number of carbonyl (C=O) groups excluding carboxylic acids is 2. The molecule has 2 nitrogen and oxygen atoms in total. The van der Waals surface area contributed by atoms with Gasteiger partial charge >= 0.3 is 0 Å². The molecule has 0 amide bonds. The summed E-state index contributed by atoms with van der Waals surface area (Å²) in [5.41, 5.74) is -1.14. The molecule has 0 unspecified atom stereocenters. The van der Waals surface area contributed by atoms with Gasteiger partial charge in [0.15, 0.2) is 0 Å². The lowest BCUT2D eigenvalue weighted by Gasteiger charge is -1.94. The van der Waals surface area contributed by atoms with Crippen molar-refractivity contribution in [3.8, 4) is 0 Å². The Labute approximate surface area is 84.7 Å². The molecule has 1 aromatic carbocycles. The minimum absolute atomic E-state index is 0.571. The first-order valence-corrected chi connectivity index (χ1v) is 3.54. The lowest BCUT2D eigenvalue weighted by Crippen LogP contribution is -1.92. The highest BCUT2D eigenvalue weighted by Crippen LogP contribution is 2.08. The van der Waals surface area contributed by atoms with Gasteiger partial charge < -0.3 is 0 Å². The summed E-state index contributed by atoms with van der Waals surface area (Å²) in [6.45, 7) is 0. The number of hydrogen-bond acceptors (Lipinski definition) is 2. The molecule has 4 heteroatoms. The van der Waals surface area contributed by atoms with Crippen LogP contribution in [0.1, 0.15) is 26.2 Å². The SMILES string of the molecule is [2H]c1c([2H])c(C(=O)Cl)c([2H])c([2H])c1C(=O)Cl. The van der Waals surface area contributed by atoms with E-state index in [0.29, 0.717) is 0 Å².